The number of carbonyl (C=O) groups excluding carboxylic acids is 1. The van der Waals surface area contributed by atoms with Gasteiger partial charge in [0.1, 0.15) is 5.82 Å². The standard InChI is InChI=1S/C21H18ClFN2O3S2/c22-18-14-16(6-7-19(18)23)30(27,28)25-11-9-24(10-12-25)21(26)20-17(8-13-29-20)15-4-2-1-3-5-15/h1-8,13-14H,9-12H2. The summed E-state index contributed by atoms with van der Waals surface area (Å²) in [7, 11) is -3.81. The minimum Gasteiger partial charge on any atom is -0.335 e. The van der Waals surface area contributed by atoms with Crippen molar-refractivity contribution in [2.24, 2.45) is 0 Å². The van der Waals surface area contributed by atoms with Crippen LogP contribution in [0.2, 0.25) is 5.02 Å². The molecule has 156 valence electrons. The summed E-state index contributed by atoms with van der Waals surface area (Å²) < 4.78 is 40.4. The molecule has 1 saturated heterocycles. The lowest BCUT2D eigenvalue weighted by atomic mass is 10.1. The predicted molar refractivity (Wildman–Crippen MR) is 116 cm³/mol. The number of carbonyl (C=O) groups is 1. The Morgan fingerprint density at radius 3 is 2.37 bits per heavy atom. The van der Waals surface area contributed by atoms with Crippen molar-refractivity contribution in [3.8, 4) is 11.1 Å². The Balaban J connectivity index is 1.48. The van der Waals surface area contributed by atoms with Gasteiger partial charge in [0.15, 0.2) is 0 Å². The molecule has 1 amide bonds. The fourth-order valence-electron chi connectivity index (χ4n) is 3.38. The maximum Gasteiger partial charge on any atom is 0.264 e. The number of hydrogen-bond acceptors (Lipinski definition) is 4. The van der Waals surface area contributed by atoms with Gasteiger partial charge in [-0.2, -0.15) is 4.31 Å². The third-order valence-electron chi connectivity index (χ3n) is 5.00. The molecule has 1 fully saturated rings. The second-order valence-corrected chi connectivity index (χ2v) is 10.1. The summed E-state index contributed by atoms with van der Waals surface area (Å²) in [4.78, 5) is 15.3. The Kier molecular flexibility index (Phi) is 5.92. The van der Waals surface area contributed by atoms with Gasteiger partial charge in [-0.3, -0.25) is 4.79 Å². The highest BCUT2D eigenvalue weighted by Gasteiger charge is 2.31. The first-order chi connectivity index (χ1) is 14.4. The van der Waals surface area contributed by atoms with E-state index in [0.29, 0.717) is 4.88 Å². The van der Waals surface area contributed by atoms with Crippen LogP contribution in [0.25, 0.3) is 11.1 Å². The van der Waals surface area contributed by atoms with Crippen molar-refractivity contribution in [2.45, 2.75) is 4.90 Å². The summed E-state index contributed by atoms with van der Waals surface area (Å²) >= 11 is 7.12. The molecule has 0 saturated carbocycles. The third-order valence-corrected chi connectivity index (χ3v) is 8.09. The third kappa shape index (κ3) is 4.00. The van der Waals surface area contributed by atoms with E-state index in [2.05, 4.69) is 0 Å². The van der Waals surface area contributed by atoms with Crippen molar-refractivity contribution in [2.75, 3.05) is 26.2 Å². The van der Waals surface area contributed by atoms with E-state index in [-0.39, 0.29) is 42.0 Å². The average molecular weight is 465 g/mol. The number of halogens is 2. The summed E-state index contributed by atoms with van der Waals surface area (Å²) in [5.74, 6) is -0.776. The van der Waals surface area contributed by atoms with Gasteiger partial charge in [0.2, 0.25) is 10.0 Å². The number of sulfonamides is 1. The van der Waals surface area contributed by atoms with E-state index >= 15 is 0 Å². The van der Waals surface area contributed by atoms with Gasteiger partial charge in [0.05, 0.1) is 14.8 Å². The molecule has 1 aliphatic heterocycles. The molecule has 2 heterocycles. The van der Waals surface area contributed by atoms with Crippen molar-refractivity contribution in [1.29, 1.82) is 0 Å². The summed E-state index contributed by atoms with van der Waals surface area (Å²) in [5, 5.41) is 1.64. The van der Waals surface area contributed by atoms with Gasteiger partial charge in [0, 0.05) is 31.7 Å². The van der Waals surface area contributed by atoms with Gasteiger partial charge in [-0.15, -0.1) is 11.3 Å². The van der Waals surface area contributed by atoms with E-state index in [0.717, 1.165) is 23.3 Å². The van der Waals surface area contributed by atoms with E-state index in [1.807, 2.05) is 41.8 Å². The molecule has 30 heavy (non-hydrogen) atoms. The Morgan fingerprint density at radius 2 is 1.70 bits per heavy atom. The van der Waals surface area contributed by atoms with Gasteiger partial charge < -0.3 is 4.90 Å². The minimum absolute atomic E-state index is 0.0571. The van der Waals surface area contributed by atoms with E-state index < -0.39 is 15.8 Å². The smallest absolute Gasteiger partial charge is 0.264 e. The molecule has 5 nitrogen and oxygen atoms in total. The fourth-order valence-corrected chi connectivity index (χ4v) is 5.96. The molecule has 0 aliphatic carbocycles. The van der Waals surface area contributed by atoms with Crippen LogP contribution in [-0.2, 0) is 10.0 Å². The Morgan fingerprint density at radius 1 is 1.00 bits per heavy atom. The molecule has 0 bridgehead atoms. The molecule has 0 spiro atoms. The van der Waals surface area contributed by atoms with Crippen molar-refractivity contribution in [3.63, 3.8) is 0 Å². The molecule has 4 rings (SSSR count). The van der Waals surface area contributed by atoms with Crippen LogP contribution in [-0.4, -0.2) is 49.7 Å². The van der Waals surface area contributed by atoms with Gasteiger partial charge in [-0.05, 0) is 35.2 Å². The topological polar surface area (TPSA) is 57.7 Å². The molecule has 2 aromatic carbocycles. The van der Waals surface area contributed by atoms with Crippen LogP contribution in [0.4, 0.5) is 4.39 Å². The number of benzene rings is 2. The van der Waals surface area contributed by atoms with Crippen LogP contribution < -0.4 is 0 Å². The van der Waals surface area contributed by atoms with Crippen LogP contribution in [0, 0.1) is 5.82 Å². The van der Waals surface area contributed by atoms with E-state index in [4.69, 9.17) is 11.6 Å². The highest BCUT2D eigenvalue weighted by Crippen LogP contribution is 2.30. The Bertz CT molecular complexity index is 1170. The Hall–Kier alpha value is -2.26. The predicted octanol–water partition coefficient (Wildman–Crippen LogP) is 4.35. The number of piperazine rings is 1. The summed E-state index contributed by atoms with van der Waals surface area (Å²) in [6, 6.07) is 15.0. The highest BCUT2D eigenvalue weighted by molar-refractivity contribution is 7.89. The summed E-state index contributed by atoms with van der Waals surface area (Å²) in [6.45, 7) is 0.877. The second-order valence-electron chi connectivity index (χ2n) is 6.80. The first kappa shape index (κ1) is 21.0. The molecule has 0 N–H and O–H groups in total. The number of nitrogens with zero attached hydrogens (tertiary/aromatic N) is 2. The van der Waals surface area contributed by atoms with Gasteiger partial charge in [0.25, 0.3) is 5.91 Å². The fraction of sp³-hybridized carbons (Fsp3) is 0.190. The quantitative estimate of drug-likeness (QED) is 0.576. The number of thiophene rings is 1. The number of amides is 1. The highest BCUT2D eigenvalue weighted by atomic mass is 35.5. The van der Waals surface area contributed by atoms with Gasteiger partial charge >= 0.3 is 0 Å². The lowest BCUT2D eigenvalue weighted by molar-refractivity contribution is 0.0703. The van der Waals surface area contributed by atoms with Crippen LogP contribution in [0.15, 0.2) is 64.9 Å². The zero-order chi connectivity index (χ0) is 21.3. The largest absolute Gasteiger partial charge is 0.335 e. The molecular formula is C21H18ClFN2O3S2. The minimum atomic E-state index is -3.81. The maximum atomic E-state index is 13.4. The SMILES string of the molecule is O=C(c1sccc1-c1ccccc1)N1CCN(S(=O)(=O)c2ccc(F)c(Cl)c2)CC1. The number of rotatable bonds is 4. The van der Waals surface area contributed by atoms with Crippen LogP contribution >= 0.6 is 22.9 Å². The van der Waals surface area contributed by atoms with Crippen LogP contribution in [0.5, 0.6) is 0 Å². The first-order valence-corrected chi connectivity index (χ1v) is 11.9. The van der Waals surface area contributed by atoms with Crippen molar-refractivity contribution >= 4 is 38.9 Å². The van der Waals surface area contributed by atoms with Crippen LogP contribution in [0.3, 0.4) is 0 Å². The first-order valence-electron chi connectivity index (χ1n) is 9.25. The summed E-state index contributed by atoms with van der Waals surface area (Å²) in [5.41, 5.74) is 1.85. The van der Waals surface area contributed by atoms with E-state index in [1.54, 1.807) is 4.90 Å². The monoisotopic (exact) mass is 464 g/mol. The molecule has 1 aromatic heterocycles. The second kappa shape index (κ2) is 8.47. The van der Waals surface area contributed by atoms with Crippen molar-refractivity contribution < 1.29 is 17.6 Å². The molecule has 9 heteroatoms. The van der Waals surface area contributed by atoms with Crippen LogP contribution in [0.1, 0.15) is 9.67 Å². The molecule has 0 radical (unpaired) electrons. The zero-order valence-electron chi connectivity index (χ0n) is 15.8. The van der Waals surface area contributed by atoms with E-state index in [9.17, 15) is 17.6 Å². The maximum absolute atomic E-state index is 13.4. The molecule has 0 atom stereocenters. The zero-order valence-corrected chi connectivity index (χ0v) is 18.2. The lowest BCUT2D eigenvalue weighted by Gasteiger charge is -2.34. The average Bonchev–Trinajstić information content (AvgIpc) is 3.25. The van der Waals surface area contributed by atoms with Gasteiger partial charge in [-0.25, -0.2) is 12.8 Å². The number of hydrogen-bond donors (Lipinski definition) is 0. The molecule has 0 unspecified atom stereocenters. The van der Waals surface area contributed by atoms with Crippen molar-refractivity contribution in [3.05, 3.63) is 75.7 Å². The van der Waals surface area contributed by atoms with E-state index in [1.165, 1.54) is 21.7 Å². The van der Waals surface area contributed by atoms with Crippen molar-refractivity contribution in [1.82, 2.24) is 9.21 Å². The Labute approximate surface area is 183 Å². The normalized spacial score (nSPS) is 15.3. The molecule has 1 aliphatic rings. The summed E-state index contributed by atoms with van der Waals surface area (Å²) in [6.07, 6.45) is 0. The molecular weight excluding hydrogens is 447 g/mol. The lowest BCUT2D eigenvalue weighted by Crippen LogP contribution is -2.50. The van der Waals surface area contributed by atoms with Gasteiger partial charge in [-0.1, -0.05) is 41.9 Å². The molecule has 3 aromatic rings.